The van der Waals surface area contributed by atoms with Crippen molar-refractivity contribution in [3.05, 3.63) is 48.9 Å². The summed E-state index contributed by atoms with van der Waals surface area (Å²) in [7, 11) is 11.1. The fourth-order valence-electron chi connectivity index (χ4n) is 2.11. The fraction of sp³-hybridized carbons (Fsp3) is 0.556. The summed E-state index contributed by atoms with van der Waals surface area (Å²) in [6, 6.07) is -0.583. The minimum atomic E-state index is -0.292. The van der Waals surface area contributed by atoms with Gasteiger partial charge in [-0.1, -0.05) is 59.5 Å². The smallest absolute Gasteiger partial charge is 0.0830 e. The second-order valence-electron chi connectivity index (χ2n) is 4.75. The second-order valence-corrected chi connectivity index (χ2v) is 4.75. The molecule has 0 amide bonds. The van der Waals surface area contributed by atoms with E-state index in [0.717, 1.165) is 42.6 Å². The van der Waals surface area contributed by atoms with Crippen LogP contribution < -0.4 is 0 Å². The molecule has 0 aromatic carbocycles. The zero-order valence-corrected chi connectivity index (χ0v) is 21.6. The van der Waals surface area contributed by atoms with Gasteiger partial charge in [-0.05, 0) is 0 Å². The van der Waals surface area contributed by atoms with E-state index in [1.165, 1.54) is 5.57 Å². The van der Waals surface area contributed by atoms with E-state index in [4.69, 9.17) is 25.2 Å². The Hall–Kier alpha value is 1.22. The van der Waals surface area contributed by atoms with Crippen LogP contribution in [0.5, 0.6) is 0 Å². The Labute approximate surface area is 203 Å². The molecule has 0 aromatic heterocycles. The van der Waals surface area contributed by atoms with E-state index in [-0.39, 0.29) is 77.4 Å². The van der Waals surface area contributed by atoms with Crippen molar-refractivity contribution in [3.63, 3.8) is 0 Å². The summed E-state index contributed by atoms with van der Waals surface area (Å²) < 4.78 is 10.5. The van der Waals surface area contributed by atoms with Crippen LogP contribution >= 0.6 is 0 Å². The van der Waals surface area contributed by atoms with Crippen molar-refractivity contribution >= 4 is 15.7 Å². The Kier molecular flexibility index (Phi) is 20.5. The normalized spacial score (nSPS) is 21.6. The molecule has 0 N–H and O–H groups in total. The summed E-state index contributed by atoms with van der Waals surface area (Å²) in [6.07, 6.45) is 6.63. The molecule has 2 aliphatic rings. The molecule has 2 atom stereocenters. The Balaban J connectivity index is -0.000000313. The van der Waals surface area contributed by atoms with Crippen LogP contribution in [0.4, 0.5) is 0 Å². The van der Waals surface area contributed by atoms with Gasteiger partial charge >= 0.3 is 0 Å². The average molecular weight is 476 g/mol. The van der Waals surface area contributed by atoms with Gasteiger partial charge in [0.1, 0.15) is 0 Å². The molecule has 0 aromatic rings. The second kappa shape index (κ2) is 16.4. The van der Waals surface area contributed by atoms with Crippen molar-refractivity contribution in [3.8, 4) is 0 Å². The fourth-order valence-corrected chi connectivity index (χ4v) is 2.11. The van der Waals surface area contributed by atoms with Gasteiger partial charge in [-0.15, -0.1) is 6.42 Å². The molecule has 2 heterocycles. The largest absolute Gasteiger partial charge is 0.479 e. The van der Waals surface area contributed by atoms with Crippen molar-refractivity contribution in [2.75, 3.05) is 0 Å². The van der Waals surface area contributed by atoms with Gasteiger partial charge < -0.3 is 46.1 Å². The maximum absolute atomic E-state index is 5.65. The third-order valence-electron chi connectivity index (χ3n) is 3.35. The molecule has 6 radical (unpaired) electrons. The molecule has 0 saturated heterocycles. The maximum atomic E-state index is 5.65. The molecule has 0 spiro atoms. The van der Waals surface area contributed by atoms with Gasteiger partial charge in [-0.3, -0.25) is 0 Å². The molecular formula is C18H28B2O2Y2-4. The van der Waals surface area contributed by atoms with Gasteiger partial charge in [0, 0.05) is 65.4 Å². The first-order valence-corrected chi connectivity index (χ1v) is 8.09. The number of hydrogen-bond acceptors (Lipinski definition) is 2. The van der Waals surface area contributed by atoms with Crippen LogP contribution in [0.2, 0.25) is 0 Å². The van der Waals surface area contributed by atoms with Crippen LogP contribution in [-0.2, 0) is 74.9 Å². The standard InChI is InChI=1S/C9H13BO.C7H9BO.C2H6.2Y/c1-4-7-6(3)9(10)11-8(7)5-2;1-3-6-4-5(2)7(8)9-6;1-2;;/h9H,3-5H2,1-2H3;4,7H,2-3H2,1H3;1-2H3;;/q2*-2;;;/t9-;7-;;;/m11.../s1. The third kappa shape index (κ3) is 9.24. The zero-order valence-electron chi connectivity index (χ0n) is 15.9. The van der Waals surface area contributed by atoms with E-state index in [1.807, 2.05) is 26.8 Å². The van der Waals surface area contributed by atoms with E-state index >= 15 is 0 Å². The first-order chi connectivity index (χ1) is 10.4. The minimum absolute atomic E-state index is 0. The predicted octanol–water partition coefficient (Wildman–Crippen LogP) is 4.23. The monoisotopic (exact) mass is 476 g/mol. The molecule has 0 unspecified atom stereocenters. The summed E-state index contributed by atoms with van der Waals surface area (Å²) in [5.41, 5.74) is 3.02. The van der Waals surface area contributed by atoms with E-state index in [2.05, 4.69) is 27.7 Å². The van der Waals surface area contributed by atoms with Gasteiger partial charge in [0.25, 0.3) is 0 Å². The van der Waals surface area contributed by atoms with Crippen molar-refractivity contribution in [1.29, 1.82) is 0 Å². The quantitative estimate of drug-likeness (QED) is 0.449. The summed E-state index contributed by atoms with van der Waals surface area (Å²) in [5, 5.41) is 0. The molecule has 0 bridgehead atoms. The van der Waals surface area contributed by atoms with Crippen LogP contribution in [0.1, 0.15) is 53.9 Å². The molecule has 0 aliphatic carbocycles. The van der Waals surface area contributed by atoms with Crippen molar-refractivity contribution < 1.29 is 74.9 Å². The molecule has 2 aliphatic heterocycles. The first kappa shape index (κ1) is 30.0. The molecule has 0 fully saturated rings. The van der Waals surface area contributed by atoms with Crippen molar-refractivity contribution in [2.45, 2.75) is 65.9 Å². The first-order valence-electron chi connectivity index (χ1n) is 8.09. The van der Waals surface area contributed by atoms with Gasteiger partial charge in [0.05, 0.1) is 15.7 Å². The van der Waals surface area contributed by atoms with E-state index in [9.17, 15) is 0 Å². The molecule has 24 heavy (non-hydrogen) atoms. The van der Waals surface area contributed by atoms with Crippen molar-refractivity contribution in [2.24, 2.45) is 0 Å². The molecule has 128 valence electrons. The topological polar surface area (TPSA) is 18.5 Å². The third-order valence-corrected chi connectivity index (χ3v) is 3.35. The summed E-state index contributed by atoms with van der Waals surface area (Å²) in [5.74, 6) is 0. The van der Waals surface area contributed by atoms with E-state index in [1.54, 1.807) is 0 Å². The predicted molar refractivity (Wildman–Crippen MR) is 95.8 cm³/mol. The van der Waals surface area contributed by atoms with Gasteiger partial charge in [0.2, 0.25) is 0 Å². The molecule has 2 nitrogen and oxygen atoms in total. The molecule has 6 heteroatoms. The van der Waals surface area contributed by atoms with Crippen LogP contribution in [0.25, 0.3) is 0 Å². The van der Waals surface area contributed by atoms with E-state index in [0.29, 0.717) is 0 Å². The Morgan fingerprint density at radius 1 is 1.00 bits per heavy atom. The molecule has 0 saturated carbocycles. The Morgan fingerprint density at radius 2 is 1.54 bits per heavy atom. The van der Waals surface area contributed by atoms with Gasteiger partial charge in [0.15, 0.2) is 0 Å². The van der Waals surface area contributed by atoms with Crippen LogP contribution in [-0.4, -0.2) is 27.7 Å². The van der Waals surface area contributed by atoms with E-state index < -0.39 is 0 Å². The SMILES string of the molecule is CC.[B][C@@H]1O[C-](CC)C(CC)=C1[CH2-].[B][C@@H]1O[C-](CC)C=C1[CH2-].[Y].[Y]. The van der Waals surface area contributed by atoms with Gasteiger partial charge in [-0.25, -0.2) is 0 Å². The van der Waals surface area contributed by atoms with Crippen LogP contribution in [0.3, 0.4) is 0 Å². The average Bonchev–Trinajstić information content (AvgIpc) is 3.01. The zero-order chi connectivity index (χ0) is 17.3. The summed E-state index contributed by atoms with van der Waals surface area (Å²) in [4.78, 5) is 0. The number of ether oxygens (including phenoxy) is 2. The maximum Gasteiger partial charge on any atom is 0.0830 e. The summed E-state index contributed by atoms with van der Waals surface area (Å²) in [6.45, 7) is 17.8. The minimum Gasteiger partial charge on any atom is -0.479 e. The van der Waals surface area contributed by atoms with Gasteiger partial charge in [-0.2, -0.15) is 12.2 Å². The van der Waals surface area contributed by atoms with Crippen molar-refractivity contribution in [1.82, 2.24) is 0 Å². The van der Waals surface area contributed by atoms with Crippen LogP contribution in [0, 0.1) is 26.1 Å². The number of hydrogen-bond donors (Lipinski definition) is 0. The Bertz CT molecular complexity index is 387. The number of rotatable bonds is 3. The Morgan fingerprint density at radius 3 is 1.79 bits per heavy atom. The summed E-state index contributed by atoms with van der Waals surface area (Å²) >= 11 is 0. The van der Waals surface area contributed by atoms with Crippen LogP contribution in [0.15, 0.2) is 22.8 Å². The molecular weight excluding hydrogens is 448 g/mol. The molecule has 2 rings (SSSR count).